The number of ether oxygens (including phenoxy) is 1. The normalized spacial score (nSPS) is 12.2. The van der Waals surface area contributed by atoms with Crippen molar-refractivity contribution in [2.24, 2.45) is 5.41 Å². The molecule has 0 spiro atoms. The minimum Gasteiger partial charge on any atom is -0.493 e. The van der Waals surface area contributed by atoms with Crippen molar-refractivity contribution in [3.63, 3.8) is 0 Å². The second-order valence-electron chi connectivity index (χ2n) is 8.76. The molecule has 1 heterocycles. The molecule has 0 atom stereocenters. The van der Waals surface area contributed by atoms with Crippen LogP contribution in [0.25, 0.3) is 0 Å². The van der Waals surface area contributed by atoms with Gasteiger partial charge in [0.2, 0.25) is 0 Å². The summed E-state index contributed by atoms with van der Waals surface area (Å²) in [6.45, 7) is 8.70. The molecule has 0 aliphatic rings. The van der Waals surface area contributed by atoms with Crippen LogP contribution < -0.4 is 4.74 Å². The second kappa shape index (κ2) is 10.1. The van der Waals surface area contributed by atoms with Crippen molar-refractivity contribution in [2.45, 2.75) is 40.0 Å². The van der Waals surface area contributed by atoms with E-state index in [9.17, 15) is 13.2 Å². The lowest BCUT2D eigenvalue weighted by molar-refractivity contribution is -0.137. The molecule has 0 aliphatic carbocycles. The average Bonchev–Trinajstić information content (AvgIpc) is 2.74. The fraction of sp³-hybridized carbons (Fsp3) is 0.360. The van der Waals surface area contributed by atoms with Gasteiger partial charge < -0.3 is 4.74 Å². The molecular formula is C25H28F3N3O. The number of alkyl halides is 3. The van der Waals surface area contributed by atoms with E-state index in [0.29, 0.717) is 25.4 Å². The van der Waals surface area contributed by atoms with Gasteiger partial charge in [0.05, 0.1) is 17.9 Å². The van der Waals surface area contributed by atoms with Crippen LogP contribution in [0.2, 0.25) is 0 Å². The van der Waals surface area contributed by atoms with E-state index in [-0.39, 0.29) is 5.41 Å². The van der Waals surface area contributed by atoms with Gasteiger partial charge in [-0.15, -0.1) is 0 Å². The molecule has 3 rings (SSSR count). The van der Waals surface area contributed by atoms with Crippen LogP contribution in [0, 0.1) is 12.3 Å². The van der Waals surface area contributed by atoms with E-state index in [2.05, 4.69) is 48.0 Å². The van der Waals surface area contributed by atoms with E-state index in [4.69, 9.17) is 4.74 Å². The maximum absolute atomic E-state index is 12.8. The third-order valence-electron chi connectivity index (χ3n) is 5.13. The highest BCUT2D eigenvalue weighted by atomic mass is 19.4. The van der Waals surface area contributed by atoms with Gasteiger partial charge in [-0.05, 0) is 54.4 Å². The summed E-state index contributed by atoms with van der Waals surface area (Å²) >= 11 is 0. The number of hydrogen-bond donors (Lipinski definition) is 0. The average molecular weight is 444 g/mol. The van der Waals surface area contributed by atoms with E-state index < -0.39 is 11.7 Å². The fourth-order valence-corrected chi connectivity index (χ4v) is 3.51. The van der Waals surface area contributed by atoms with Gasteiger partial charge in [-0.3, -0.25) is 4.90 Å². The van der Waals surface area contributed by atoms with Crippen LogP contribution in [-0.2, 0) is 19.3 Å². The zero-order valence-electron chi connectivity index (χ0n) is 18.6. The summed E-state index contributed by atoms with van der Waals surface area (Å²) in [6, 6.07) is 16.9. The third-order valence-corrected chi connectivity index (χ3v) is 5.13. The first kappa shape index (κ1) is 23.7. The molecule has 0 aliphatic heterocycles. The van der Waals surface area contributed by atoms with E-state index in [1.807, 2.05) is 24.3 Å². The van der Waals surface area contributed by atoms with E-state index >= 15 is 0 Å². The fourth-order valence-electron chi connectivity index (χ4n) is 3.51. The van der Waals surface area contributed by atoms with Crippen LogP contribution >= 0.6 is 0 Å². The Morgan fingerprint density at radius 3 is 2.25 bits per heavy atom. The third kappa shape index (κ3) is 7.05. The largest absolute Gasteiger partial charge is 0.493 e. The predicted octanol–water partition coefficient (Wildman–Crippen LogP) is 5.91. The maximum atomic E-state index is 12.8. The SMILES string of the molecule is Cc1ccccc1CN(Cc1cccnn1)CC(C)(C)COc1ccc(C(F)(F)F)cc1. The quantitative estimate of drug-likeness (QED) is 0.412. The van der Waals surface area contributed by atoms with Crippen LogP contribution in [0.5, 0.6) is 5.75 Å². The minimum atomic E-state index is -4.35. The Bertz CT molecular complexity index is 989. The lowest BCUT2D eigenvalue weighted by Crippen LogP contribution is -2.37. The molecule has 0 unspecified atom stereocenters. The van der Waals surface area contributed by atoms with Crippen LogP contribution in [0.3, 0.4) is 0 Å². The van der Waals surface area contributed by atoms with E-state index in [1.165, 1.54) is 23.3 Å². The highest BCUT2D eigenvalue weighted by molar-refractivity contribution is 5.29. The first-order valence-corrected chi connectivity index (χ1v) is 10.5. The molecule has 0 radical (unpaired) electrons. The van der Waals surface area contributed by atoms with Gasteiger partial charge in [0.1, 0.15) is 5.75 Å². The van der Waals surface area contributed by atoms with Crippen LogP contribution in [-0.4, -0.2) is 28.2 Å². The number of nitrogens with zero attached hydrogens (tertiary/aromatic N) is 3. The van der Waals surface area contributed by atoms with E-state index in [0.717, 1.165) is 24.4 Å². The molecule has 0 saturated carbocycles. The number of aryl methyl sites for hydroxylation is 1. The molecule has 2 aromatic carbocycles. The molecular weight excluding hydrogens is 415 g/mol. The lowest BCUT2D eigenvalue weighted by Gasteiger charge is -2.33. The van der Waals surface area contributed by atoms with Gasteiger partial charge in [0, 0.05) is 31.2 Å². The molecule has 7 heteroatoms. The van der Waals surface area contributed by atoms with Crippen molar-refractivity contribution in [1.29, 1.82) is 0 Å². The zero-order chi connectivity index (χ0) is 23.2. The van der Waals surface area contributed by atoms with Crippen molar-refractivity contribution < 1.29 is 17.9 Å². The Labute approximate surface area is 187 Å². The molecule has 32 heavy (non-hydrogen) atoms. The van der Waals surface area contributed by atoms with Crippen molar-refractivity contribution in [3.8, 4) is 5.75 Å². The van der Waals surface area contributed by atoms with Crippen molar-refractivity contribution in [3.05, 3.63) is 89.2 Å². The van der Waals surface area contributed by atoms with Gasteiger partial charge in [-0.2, -0.15) is 23.4 Å². The minimum absolute atomic E-state index is 0.256. The lowest BCUT2D eigenvalue weighted by atomic mass is 9.93. The highest BCUT2D eigenvalue weighted by Crippen LogP contribution is 2.31. The predicted molar refractivity (Wildman–Crippen MR) is 118 cm³/mol. The van der Waals surface area contributed by atoms with Gasteiger partial charge in [0.25, 0.3) is 0 Å². The molecule has 3 aromatic rings. The van der Waals surface area contributed by atoms with Crippen molar-refractivity contribution in [1.82, 2.24) is 15.1 Å². The second-order valence-corrected chi connectivity index (χ2v) is 8.76. The van der Waals surface area contributed by atoms with Crippen LogP contribution in [0.4, 0.5) is 13.2 Å². The summed E-state index contributed by atoms with van der Waals surface area (Å²) in [6.07, 6.45) is -2.70. The Balaban J connectivity index is 1.68. The van der Waals surface area contributed by atoms with Gasteiger partial charge in [-0.25, -0.2) is 0 Å². The first-order valence-electron chi connectivity index (χ1n) is 10.5. The highest BCUT2D eigenvalue weighted by Gasteiger charge is 2.30. The molecule has 0 fully saturated rings. The van der Waals surface area contributed by atoms with Gasteiger partial charge in [-0.1, -0.05) is 38.1 Å². The summed E-state index contributed by atoms with van der Waals surface area (Å²) < 4.78 is 44.1. The molecule has 0 bridgehead atoms. The summed E-state index contributed by atoms with van der Waals surface area (Å²) in [4.78, 5) is 2.29. The van der Waals surface area contributed by atoms with Crippen molar-refractivity contribution in [2.75, 3.05) is 13.2 Å². The Morgan fingerprint density at radius 2 is 1.62 bits per heavy atom. The maximum Gasteiger partial charge on any atom is 0.416 e. The Hall–Kier alpha value is -2.93. The molecule has 1 aromatic heterocycles. The summed E-state index contributed by atoms with van der Waals surface area (Å²) in [5.74, 6) is 0.422. The molecule has 4 nitrogen and oxygen atoms in total. The van der Waals surface area contributed by atoms with Crippen LogP contribution in [0.15, 0.2) is 66.9 Å². The number of aromatic nitrogens is 2. The number of halogens is 3. The molecule has 0 saturated heterocycles. The van der Waals surface area contributed by atoms with Crippen LogP contribution in [0.1, 0.15) is 36.2 Å². The summed E-state index contributed by atoms with van der Waals surface area (Å²) in [5, 5.41) is 8.20. The van der Waals surface area contributed by atoms with E-state index in [1.54, 1.807) is 6.20 Å². The monoisotopic (exact) mass is 443 g/mol. The number of hydrogen-bond acceptors (Lipinski definition) is 4. The number of benzene rings is 2. The number of rotatable bonds is 9. The molecule has 0 N–H and O–H groups in total. The zero-order valence-corrected chi connectivity index (χ0v) is 18.6. The standard InChI is InChI=1S/C25H28F3N3O/c1-19-7-4-5-8-20(19)15-31(16-22-9-6-14-29-30-22)17-24(2,3)18-32-23-12-10-21(11-13-23)25(26,27)28/h4-14H,15-18H2,1-3H3. The smallest absolute Gasteiger partial charge is 0.416 e. The van der Waals surface area contributed by atoms with Gasteiger partial charge >= 0.3 is 6.18 Å². The summed E-state index contributed by atoms with van der Waals surface area (Å²) in [5.41, 5.74) is 2.39. The van der Waals surface area contributed by atoms with Crippen molar-refractivity contribution >= 4 is 0 Å². The Kier molecular flexibility index (Phi) is 7.51. The topological polar surface area (TPSA) is 38.2 Å². The first-order chi connectivity index (χ1) is 15.1. The Morgan fingerprint density at radius 1 is 0.906 bits per heavy atom. The molecule has 0 amide bonds. The molecule has 170 valence electrons. The van der Waals surface area contributed by atoms with Gasteiger partial charge in [0.15, 0.2) is 0 Å². The summed E-state index contributed by atoms with van der Waals surface area (Å²) in [7, 11) is 0.